The number of anilines is 1. The van der Waals surface area contributed by atoms with Crippen molar-refractivity contribution in [2.24, 2.45) is 16.5 Å². The van der Waals surface area contributed by atoms with Crippen molar-refractivity contribution < 1.29 is 14.0 Å². The van der Waals surface area contributed by atoms with Gasteiger partial charge in [0, 0.05) is 5.69 Å². The lowest BCUT2D eigenvalue weighted by molar-refractivity contribution is -0.136. The average Bonchev–Trinajstić information content (AvgIpc) is 2.94. The second-order valence-electron chi connectivity index (χ2n) is 6.06. The molecule has 27 heavy (non-hydrogen) atoms. The molecule has 0 spiro atoms. The van der Waals surface area contributed by atoms with Gasteiger partial charge in [-0.1, -0.05) is 35.9 Å². The highest BCUT2D eigenvalue weighted by Gasteiger charge is 2.34. The smallest absolute Gasteiger partial charge is 0.313 e. The zero-order valence-electron chi connectivity index (χ0n) is 14.1. The average molecular weight is 390 g/mol. The molecular formula is C18H17ClFN5O2. The summed E-state index contributed by atoms with van der Waals surface area (Å²) < 4.78 is 13.5. The molecule has 0 aromatic heterocycles. The van der Waals surface area contributed by atoms with Crippen LogP contribution in [0.4, 0.5) is 10.1 Å². The molecule has 140 valence electrons. The fourth-order valence-corrected chi connectivity index (χ4v) is 3.15. The number of carbonyl (C=O) groups excluding carboxylic acids is 2. The van der Waals surface area contributed by atoms with Crippen LogP contribution in [0.15, 0.2) is 47.5 Å². The van der Waals surface area contributed by atoms with Crippen molar-refractivity contribution in [2.45, 2.75) is 18.5 Å². The molecule has 0 saturated carbocycles. The number of nitrogens with two attached hydrogens (primary N) is 2. The fraction of sp³-hybridized carbons (Fsp3) is 0.167. The van der Waals surface area contributed by atoms with Crippen LogP contribution in [-0.4, -0.2) is 23.8 Å². The summed E-state index contributed by atoms with van der Waals surface area (Å²) in [5.41, 5.74) is 12.9. The Morgan fingerprint density at radius 1 is 1.15 bits per heavy atom. The molecular weight excluding hydrogens is 373 g/mol. The van der Waals surface area contributed by atoms with Gasteiger partial charge in [0.2, 0.25) is 0 Å². The Balaban J connectivity index is 1.75. The van der Waals surface area contributed by atoms with Crippen LogP contribution in [0.5, 0.6) is 0 Å². The van der Waals surface area contributed by atoms with Crippen LogP contribution in [0.2, 0.25) is 5.02 Å². The summed E-state index contributed by atoms with van der Waals surface area (Å²) in [7, 11) is 0. The van der Waals surface area contributed by atoms with Crippen LogP contribution in [0.1, 0.15) is 17.2 Å². The number of carbonyl (C=O) groups is 2. The molecule has 0 bridgehead atoms. The molecule has 0 saturated heterocycles. The number of hydrogen-bond acceptors (Lipinski definition) is 3. The van der Waals surface area contributed by atoms with Gasteiger partial charge >= 0.3 is 11.8 Å². The van der Waals surface area contributed by atoms with Gasteiger partial charge in [-0.3, -0.25) is 9.59 Å². The molecule has 7 nitrogen and oxygen atoms in total. The number of fused-ring (bicyclic) bond motifs is 1. The largest absolute Gasteiger partial charge is 0.370 e. The zero-order chi connectivity index (χ0) is 19.6. The molecule has 2 unspecified atom stereocenters. The molecule has 6 N–H and O–H groups in total. The molecule has 2 amide bonds. The lowest BCUT2D eigenvalue weighted by atomic mass is 10.1. The van der Waals surface area contributed by atoms with E-state index >= 15 is 0 Å². The maximum Gasteiger partial charge on any atom is 0.313 e. The Bertz CT molecular complexity index is 930. The van der Waals surface area contributed by atoms with E-state index in [2.05, 4.69) is 15.6 Å². The molecule has 2 aromatic carbocycles. The maximum atomic E-state index is 13.5. The predicted molar refractivity (Wildman–Crippen MR) is 101 cm³/mol. The summed E-state index contributed by atoms with van der Waals surface area (Å²) >= 11 is 5.60. The summed E-state index contributed by atoms with van der Waals surface area (Å²) in [4.78, 5) is 28.7. The van der Waals surface area contributed by atoms with Gasteiger partial charge in [-0.15, -0.1) is 0 Å². The first-order chi connectivity index (χ1) is 12.8. The van der Waals surface area contributed by atoms with Crippen molar-refractivity contribution in [3.63, 3.8) is 0 Å². The summed E-state index contributed by atoms with van der Waals surface area (Å²) in [6.45, 7) is 0. The molecule has 3 rings (SSSR count). The number of halogens is 2. The normalized spacial score (nSPS) is 17.7. The highest BCUT2D eigenvalue weighted by Crippen LogP contribution is 2.33. The van der Waals surface area contributed by atoms with Gasteiger partial charge in [0.15, 0.2) is 5.96 Å². The van der Waals surface area contributed by atoms with Crippen molar-refractivity contribution in [2.75, 3.05) is 5.32 Å². The van der Waals surface area contributed by atoms with E-state index in [1.165, 1.54) is 12.1 Å². The standard InChI is InChI=1S/C18H17ClFN5O2/c19-12-6-5-10(8-13(12)20)23-16(26)17(27)25-15-11-4-2-1-3-9(11)7-14(15)24-18(21)22/h1-6,8,14-15H,7H2,(H,23,26)(H,25,27)(H4,21,22,24). The Labute approximate surface area is 159 Å². The molecule has 0 radical (unpaired) electrons. The minimum absolute atomic E-state index is 0.0833. The van der Waals surface area contributed by atoms with Gasteiger partial charge in [0.25, 0.3) is 0 Å². The van der Waals surface area contributed by atoms with Crippen molar-refractivity contribution in [1.82, 2.24) is 5.32 Å². The first kappa shape index (κ1) is 18.7. The molecule has 1 aliphatic carbocycles. The van der Waals surface area contributed by atoms with Crippen LogP contribution >= 0.6 is 11.6 Å². The third-order valence-electron chi connectivity index (χ3n) is 4.19. The van der Waals surface area contributed by atoms with Crippen molar-refractivity contribution in [1.29, 1.82) is 0 Å². The third-order valence-corrected chi connectivity index (χ3v) is 4.50. The van der Waals surface area contributed by atoms with E-state index in [0.717, 1.165) is 17.2 Å². The van der Waals surface area contributed by atoms with Gasteiger partial charge in [-0.25, -0.2) is 9.38 Å². The minimum Gasteiger partial charge on any atom is -0.370 e. The number of rotatable bonds is 3. The molecule has 9 heteroatoms. The van der Waals surface area contributed by atoms with E-state index in [1.807, 2.05) is 24.3 Å². The van der Waals surface area contributed by atoms with Crippen LogP contribution in [0, 0.1) is 5.82 Å². The molecule has 0 fully saturated rings. The fourth-order valence-electron chi connectivity index (χ4n) is 3.03. The molecule has 0 aliphatic heterocycles. The SMILES string of the molecule is NC(N)=NC1Cc2ccccc2C1NC(=O)C(=O)Nc1ccc(Cl)c(F)c1. The first-order valence-electron chi connectivity index (χ1n) is 8.08. The van der Waals surface area contributed by atoms with Gasteiger partial charge in [0.05, 0.1) is 17.1 Å². The number of aliphatic imine (C=N–C) groups is 1. The van der Waals surface area contributed by atoms with E-state index in [0.29, 0.717) is 6.42 Å². The Morgan fingerprint density at radius 2 is 1.89 bits per heavy atom. The highest BCUT2D eigenvalue weighted by molar-refractivity contribution is 6.39. The number of nitrogens with one attached hydrogen (secondary N) is 2. The van der Waals surface area contributed by atoms with E-state index in [1.54, 1.807) is 0 Å². The number of benzene rings is 2. The third kappa shape index (κ3) is 4.17. The lowest BCUT2D eigenvalue weighted by Crippen LogP contribution is -2.41. The molecule has 2 aromatic rings. The quantitative estimate of drug-likeness (QED) is 0.360. The zero-order valence-corrected chi connectivity index (χ0v) is 14.8. The molecule has 2 atom stereocenters. The second kappa shape index (κ2) is 7.63. The van der Waals surface area contributed by atoms with E-state index in [-0.39, 0.29) is 16.7 Å². The number of nitrogens with zero attached hydrogens (tertiary/aromatic N) is 1. The Kier molecular flexibility index (Phi) is 5.27. The Morgan fingerprint density at radius 3 is 2.59 bits per heavy atom. The van der Waals surface area contributed by atoms with E-state index in [9.17, 15) is 14.0 Å². The topological polar surface area (TPSA) is 123 Å². The van der Waals surface area contributed by atoms with Crippen molar-refractivity contribution in [3.05, 3.63) is 64.4 Å². The van der Waals surface area contributed by atoms with Crippen LogP contribution in [-0.2, 0) is 16.0 Å². The Hall–Kier alpha value is -3.13. The van der Waals surface area contributed by atoms with E-state index in [4.69, 9.17) is 23.1 Å². The van der Waals surface area contributed by atoms with Gasteiger partial charge in [-0.2, -0.15) is 0 Å². The monoisotopic (exact) mass is 389 g/mol. The molecule has 0 heterocycles. The van der Waals surface area contributed by atoms with Gasteiger partial charge in [0.1, 0.15) is 5.82 Å². The summed E-state index contributed by atoms with van der Waals surface area (Å²) in [5.74, 6) is -2.63. The predicted octanol–water partition coefficient (Wildman–Crippen LogP) is 1.47. The highest BCUT2D eigenvalue weighted by atomic mass is 35.5. The van der Waals surface area contributed by atoms with Crippen LogP contribution < -0.4 is 22.1 Å². The maximum absolute atomic E-state index is 13.5. The lowest BCUT2D eigenvalue weighted by Gasteiger charge is -2.19. The minimum atomic E-state index is -0.940. The summed E-state index contributed by atoms with van der Waals surface area (Å²) in [5, 5.41) is 4.89. The first-order valence-corrected chi connectivity index (χ1v) is 8.46. The number of amides is 2. The van der Waals surface area contributed by atoms with Crippen LogP contribution in [0.3, 0.4) is 0 Å². The van der Waals surface area contributed by atoms with E-state index < -0.39 is 29.7 Å². The van der Waals surface area contributed by atoms with Crippen molar-refractivity contribution >= 4 is 35.1 Å². The number of guanidine groups is 1. The van der Waals surface area contributed by atoms with Crippen LogP contribution in [0.25, 0.3) is 0 Å². The van der Waals surface area contributed by atoms with Gasteiger partial charge in [-0.05, 0) is 35.7 Å². The van der Waals surface area contributed by atoms with Crippen molar-refractivity contribution in [3.8, 4) is 0 Å². The number of hydrogen-bond donors (Lipinski definition) is 4. The summed E-state index contributed by atoms with van der Waals surface area (Å²) in [6, 6.07) is 10.2. The van der Waals surface area contributed by atoms with Gasteiger partial charge < -0.3 is 22.1 Å². The molecule has 1 aliphatic rings. The summed E-state index contributed by atoms with van der Waals surface area (Å²) in [6.07, 6.45) is 0.531. The second-order valence-corrected chi connectivity index (χ2v) is 6.47.